The van der Waals surface area contributed by atoms with E-state index in [-0.39, 0.29) is 12.4 Å². The fourth-order valence-corrected chi connectivity index (χ4v) is 3.53. The van der Waals surface area contributed by atoms with Crippen molar-refractivity contribution in [2.45, 2.75) is 24.3 Å². The molecule has 1 unspecified atom stereocenters. The lowest BCUT2D eigenvalue weighted by molar-refractivity contribution is 0.184. The van der Waals surface area contributed by atoms with Crippen molar-refractivity contribution in [3.63, 3.8) is 0 Å². The maximum absolute atomic E-state index is 12.2. The summed E-state index contributed by atoms with van der Waals surface area (Å²) in [5.74, 6) is 0.581. The van der Waals surface area contributed by atoms with E-state index >= 15 is 0 Å². The van der Waals surface area contributed by atoms with Crippen molar-refractivity contribution >= 4 is 22.4 Å². The van der Waals surface area contributed by atoms with Crippen LogP contribution in [-0.2, 0) is 21.4 Å². The summed E-state index contributed by atoms with van der Waals surface area (Å²) in [6.45, 7) is 2.93. The van der Waals surface area contributed by atoms with Crippen molar-refractivity contribution < 1.29 is 13.2 Å². The predicted molar refractivity (Wildman–Crippen MR) is 85.2 cm³/mol. The van der Waals surface area contributed by atoms with Crippen LogP contribution in [0, 0.1) is 5.92 Å². The monoisotopic (exact) mass is 334 g/mol. The summed E-state index contributed by atoms with van der Waals surface area (Å²) in [6.07, 6.45) is 2.01. The largest absolute Gasteiger partial charge is 0.380 e. The Morgan fingerprint density at radius 2 is 2.24 bits per heavy atom. The number of ether oxygens (including phenoxy) is 1. The molecule has 0 saturated carbocycles. The molecule has 1 heterocycles. The van der Waals surface area contributed by atoms with Crippen molar-refractivity contribution in [2.75, 3.05) is 26.7 Å². The van der Waals surface area contributed by atoms with Gasteiger partial charge < -0.3 is 10.1 Å². The number of methoxy groups -OCH3 is 1. The van der Waals surface area contributed by atoms with E-state index in [0.717, 1.165) is 31.5 Å². The van der Waals surface area contributed by atoms with Crippen LogP contribution in [0.3, 0.4) is 0 Å². The van der Waals surface area contributed by atoms with E-state index in [2.05, 4.69) is 10.0 Å². The van der Waals surface area contributed by atoms with E-state index < -0.39 is 10.0 Å². The molecule has 0 aromatic heterocycles. The molecule has 0 spiro atoms. The number of hydrogen-bond acceptors (Lipinski definition) is 4. The zero-order valence-electron chi connectivity index (χ0n) is 12.2. The molecular weight excluding hydrogens is 312 g/mol. The first-order chi connectivity index (χ1) is 9.62. The number of halogens is 1. The Labute approximate surface area is 132 Å². The third-order valence-corrected chi connectivity index (χ3v) is 4.99. The molecular formula is C14H23ClN2O3S. The second kappa shape index (κ2) is 8.70. The molecule has 2 N–H and O–H groups in total. The molecule has 1 saturated heterocycles. The number of benzene rings is 1. The highest BCUT2D eigenvalue weighted by Gasteiger charge is 2.17. The Kier molecular flexibility index (Phi) is 7.62. The van der Waals surface area contributed by atoms with Crippen LogP contribution in [0.2, 0.25) is 0 Å². The highest BCUT2D eigenvalue weighted by molar-refractivity contribution is 7.89. The molecule has 0 bridgehead atoms. The topological polar surface area (TPSA) is 67.4 Å². The summed E-state index contributed by atoms with van der Waals surface area (Å²) in [6, 6.07) is 6.86. The number of rotatable bonds is 7. The van der Waals surface area contributed by atoms with Crippen molar-refractivity contribution in [2.24, 2.45) is 5.92 Å². The van der Waals surface area contributed by atoms with Crippen LogP contribution in [0.25, 0.3) is 0 Å². The lowest BCUT2D eigenvalue weighted by atomic mass is 10.1. The Morgan fingerprint density at radius 1 is 1.43 bits per heavy atom. The van der Waals surface area contributed by atoms with Gasteiger partial charge in [-0.1, -0.05) is 12.1 Å². The molecule has 1 aromatic carbocycles. The van der Waals surface area contributed by atoms with Gasteiger partial charge in [0.25, 0.3) is 0 Å². The molecule has 7 heteroatoms. The zero-order valence-corrected chi connectivity index (χ0v) is 13.8. The standard InChI is InChI=1S/C14H22N2O3S.ClH/c1-19-11-13-3-2-4-14(9-13)20(17,18)16-8-6-12-5-7-15-10-12;/h2-4,9,12,15-16H,5-8,10-11H2,1H3;1H. The SMILES string of the molecule is COCc1cccc(S(=O)(=O)NCCC2CCNC2)c1.Cl. The normalized spacial score (nSPS) is 18.4. The van der Waals surface area contributed by atoms with Crippen LogP contribution >= 0.6 is 12.4 Å². The van der Waals surface area contributed by atoms with Gasteiger partial charge in [-0.2, -0.15) is 0 Å². The van der Waals surface area contributed by atoms with E-state index in [4.69, 9.17) is 4.74 Å². The summed E-state index contributed by atoms with van der Waals surface area (Å²) < 4.78 is 32.1. The van der Waals surface area contributed by atoms with Gasteiger partial charge in [-0.15, -0.1) is 12.4 Å². The average Bonchev–Trinajstić information content (AvgIpc) is 2.92. The van der Waals surface area contributed by atoms with Gasteiger partial charge >= 0.3 is 0 Å². The summed E-state index contributed by atoms with van der Waals surface area (Å²) in [5.41, 5.74) is 0.857. The van der Waals surface area contributed by atoms with Crippen LogP contribution in [-0.4, -0.2) is 35.2 Å². The second-order valence-corrected chi connectivity index (χ2v) is 6.89. The number of hydrogen-bond donors (Lipinski definition) is 2. The van der Waals surface area contributed by atoms with Crippen LogP contribution in [0.1, 0.15) is 18.4 Å². The maximum Gasteiger partial charge on any atom is 0.240 e. The van der Waals surface area contributed by atoms with Crippen molar-refractivity contribution in [3.05, 3.63) is 29.8 Å². The molecule has 0 aliphatic carbocycles. The Morgan fingerprint density at radius 3 is 2.90 bits per heavy atom. The lowest BCUT2D eigenvalue weighted by Crippen LogP contribution is -2.26. The van der Waals surface area contributed by atoms with E-state index in [1.54, 1.807) is 25.3 Å². The molecule has 5 nitrogen and oxygen atoms in total. The molecule has 1 aliphatic rings. The molecule has 1 aliphatic heterocycles. The van der Waals surface area contributed by atoms with Crippen molar-refractivity contribution in [1.82, 2.24) is 10.0 Å². The zero-order chi connectivity index (χ0) is 14.4. The third-order valence-electron chi connectivity index (χ3n) is 3.53. The summed E-state index contributed by atoms with van der Waals surface area (Å²) >= 11 is 0. The highest BCUT2D eigenvalue weighted by atomic mass is 35.5. The van der Waals surface area contributed by atoms with Gasteiger partial charge in [-0.05, 0) is 49.5 Å². The van der Waals surface area contributed by atoms with Crippen LogP contribution in [0.15, 0.2) is 29.2 Å². The quantitative estimate of drug-likeness (QED) is 0.793. The minimum absolute atomic E-state index is 0. The second-order valence-electron chi connectivity index (χ2n) is 5.13. The molecule has 0 amide bonds. The van der Waals surface area contributed by atoms with Crippen LogP contribution in [0.5, 0.6) is 0 Å². The summed E-state index contributed by atoms with van der Waals surface area (Å²) in [7, 11) is -1.83. The number of sulfonamides is 1. The first-order valence-electron chi connectivity index (χ1n) is 6.90. The first kappa shape index (κ1) is 18.4. The molecule has 1 fully saturated rings. The average molecular weight is 335 g/mol. The summed E-state index contributed by atoms with van der Waals surface area (Å²) in [4.78, 5) is 0.302. The smallest absolute Gasteiger partial charge is 0.240 e. The van der Waals surface area contributed by atoms with E-state index in [1.807, 2.05) is 6.07 Å². The minimum atomic E-state index is -3.42. The molecule has 21 heavy (non-hydrogen) atoms. The van der Waals surface area contributed by atoms with Crippen molar-refractivity contribution in [1.29, 1.82) is 0 Å². The predicted octanol–water partition coefficient (Wildman–Crippen LogP) is 1.53. The van der Waals surface area contributed by atoms with Crippen LogP contribution < -0.4 is 10.0 Å². The van der Waals surface area contributed by atoms with E-state index in [1.165, 1.54) is 0 Å². The van der Waals surface area contributed by atoms with Gasteiger partial charge in [-0.25, -0.2) is 13.1 Å². The first-order valence-corrected chi connectivity index (χ1v) is 8.38. The van der Waals surface area contributed by atoms with Crippen molar-refractivity contribution in [3.8, 4) is 0 Å². The highest BCUT2D eigenvalue weighted by Crippen LogP contribution is 2.14. The van der Waals surface area contributed by atoms with Crippen LogP contribution in [0.4, 0.5) is 0 Å². The fourth-order valence-electron chi connectivity index (χ4n) is 2.41. The summed E-state index contributed by atoms with van der Waals surface area (Å²) in [5, 5.41) is 3.28. The molecule has 0 radical (unpaired) electrons. The van der Waals surface area contributed by atoms with Gasteiger partial charge in [0.15, 0.2) is 0 Å². The minimum Gasteiger partial charge on any atom is -0.380 e. The lowest BCUT2D eigenvalue weighted by Gasteiger charge is -2.10. The van der Waals surface area contributed by atoms with Gasteiger partial charge in [-0.3, -0.25) is 0 Å². The van der Waals surface area contributed by atoms with Gasteiger partial charge in [0.05, 0.1) is 11.5 Å². The molecule has 120 valence electrons. The van der Waals surface area contributed by atoms with Gasteiger partial charge in [0.2, 0.25) is 10.0 Å². The molecule has 1 atom stereocenters. The third kappa shape index (κ3) is 5.56. The molecule has 2 rings (SSSR count). The van der Waals surface area contributed by atoms with E-state index in [0.29, 0.717) is 24.0 Å². The Bertz CT molecular complexity index is 531. The Balaban J connectivity index is 0.00000220. The molecule has 1 aromatic rings. The van der Waals surface area contributed by atoms with Gasteiger partial charge in [0.1, 0.15) is 0 Å². The van der Waals surface area contributed by atoms with E-state index in [9.17, 15) is 8.42 Å². The Hall–Kier alpha value is -0.660. The fraction of sp³-hybridized carbons (Fsp3) is 0.571. The number of nitrogens with one attached hydrogen (secondary N) is 2. The maximum atomic E-state index is 12.2. The van der Waals surface area contributed by atoms with Gasteiger partial charge in [0, 0.05) is 13.7 Å².